The molecule has 1 heterocycles. The van der Waals surface area contributed by atoms with Gasteiger partial charge in [0.1, 0.15) is 0 Å². The highest BCUT2D eigenvalue weighted by Crippen LogP contribution is 2.39. The van der Waals surface area contributed by atoms with Gasteiger partial charge in [-0.1, -0.05) is 12.1 Å². The zero-order valence-corrected chi connectivity index (χ0v) is 13.7. The maximum Gasteiger partial charge on any atom is 0.251 e. The molecular weight excluding hydrogens is 290 g/mol. The van der Waals surface area contributed by atoms with Gasteiger partial charge in [-0.2, -0.15) is 0 Å². The average molecular weight is 315 g/mol. The van der Waals surface area contributed by atoms with E-state index in [2.05, 4.69) is 5.32 Å². The van der Waals surface area contributed by atoms with E-state index in [0.29, 0.717) is 31.0 Å². The molecule has 2 fully saturated rings. The van der Waals surface area contributed by atoms with Gasteiger partial charge in [0.2, 0.25) is 5.91 Å². The molecule has 1 aromatic rings. The first-order chi connectivity index (χ1) is 11.0. The second-order valence-corrected chi connectivity index (χ2v) is 6.97. The van der Waals surface area contributed by atoms with Gasteiger partial charge in [0.05, 0.1) is 5.54 Å². The van der Waals surface area contributed by atoms with Crippen molar-refractivity contribution in [3.05, 3.63) is 35.4 Å². The smallest absolute Gasteiger partial charge is 0.251 e. The number of rotatable bonds is 6. The standard InChI is InChI=1S/C18H25N3O2/c1-18(12-19,15-8-9-15)20-17(23)14-6-4-13(5-7-14)11-21-10-2-3-16(21)22/h4-7,15H,2-3,8-12,19H2,1H3,(H,20,23). The Morgan fingerprint density at radius 2 is 2.04 bits per heavy atom. The number of carbonyl (C=O) groups excluding carboxylic acids is 2. The highest BCUT2D eigenvalue weighted by molar-refractivity contribution is 5.94. The van der Waals surface area contributed by atoms with Crippen LogP contribution in [0.3, 0.4) is 0 Å². The Morgan fingerprint density at radius 3 is 2.57 bits per heavy atom. The second kappa shape index (κ2) is 6.32. The zero-order valence-electron chi connectivity index (χ0n) is 13.7. The number of nitrogens with two attached hydrogens (primary N) is 1. The largest absolute Gasteiger partial charge is 0.345 e. The van der Waals surface area contributed by atoms with Crippen LogP contribution < -0.4 is 11.1 Å². The molecule has 1 unspecified atom stereocenters. The minimum absolute atomic E-state index is 0.0753. The first-order valence-electron chi connectivity index (χ1n) is 8.41. The summed E-state index contributed by atoms with van der Waals surface area (Å²) in [5, 5.41) is 3.09. The zero-order chi connectivity index (χ0) is 16.4. The lowest BCUT2D eigenvalue weighted by Crippen LogP contribution is -2.53. The highest BCUT2D eigenvalue weighted by atomic mass is 16.2. The molecule has 3 N–H and O–H groups in total. The summed E-state index contributed by atoms with van der Waals surface area (Å²) in [5.41, 5.74) is 7.24. The van der Waals surface area contributed by atoms with E-state index < -0.39 is 0 Å². The fourth-order valence-electron chi connectivity index (χ4n) is 3.22. The Morgan fingerprint density at radius 1 is 1.35 bits per heavy atom. The Kier molecular flexibility index (Phi) is 4.39. The molecule has 1 aliphatic heterocycles. The molecule has 1 aromatic carbocycles. The molecule has 5 heteroatoms. The number of amides is 2. The molecule has 0 aromatic heterocycles. The number of nitrogens with one attached hydrogen (secondary N) is 1. The Balaban J connectivity index is 1.62. The Hall–Kier alpha value is -1.88. The van der Waals surface area contributed by atoms with Gasteiger partial charge < -0.3 is 16.0 Å². The monoisotopic (exact) mass is 315 g/mol. The molecular formula is C18H25N3O2. The lowest BCUT2D eigenvalue weighted by molar-refractivity contribution is -0.128. The lowest BCUT2D eigenvalue weighted by Gasteiger charge is -2.29. The topological polar surface area (TPSA) is 75.4 Å². The SMILES string of the molecule is CC(CN)(NC(=O)c1ccc(CN2CCCC2=O)cc1)C1CC1. The fourth-order valence-corrected chi connectivity index (χ4v) is 3.22. The summed E-state index contributed by atoms with van der Waals surface area (Å²) in [7, 11) is 0. The third kappa shape index (κ3) is 3.55. The molecule has 124 valence electrons. The maximum atomic E-state index is 12.4. The van der Waals surface area contributed by atoms with E-state index in [4.69, 9.17) is 5.73 Å². The van der Waals surface area contributed by atoms with Gasteiger partial charge in [0, 0.05) is 31.6 Å². The minimum atomic E-state index is -0.308. The molecule has 1 aliphatic carbocycles. The van der Waals surface area contributed by atoms with Crippen molar-refractivity contribution in [1.29, 1.82) is 0 Å². The number of likely N-dealkylation sites (tertiary alicyclic amines) is 1. The number of hydrogen-bond donors (Lipinski definition) is 2. The van der Waals surface area contributed by atoms with Crippen molar-refractivity contribution in [2.24, 2.45) is 11.7 Å². The van der Waals surface area contributed by atoms with Crippen LogP contribution in [0, 0.1) is 5.92 Å². The highest BCUT2D eigenvalue weighted by Gasteiger charge is 2.41. The molecule has 1 saturated carbocycles. The van der Waals surface area contributed by atoms with Crippen molar-refractivity contribution in [2.45, 2.75) is 44.7 Å². The van der Waals surface area contributed by atoms with Crippen molar-refractivity contribution in [3.63, 3.8) is 0 Å². The van der Waals surface area contributed by atoms with Crippen LogP contribution in [-0.4, -0.2) is 35.3 Å². The first-order valence-corrected chi connectivity index (χ1v) is 8.41. The average Bonchev–Trinajstić information content (AvgIpc) is 3.33. The summed E-state index contributed by atoms with van der Waals surface area (Å²) in [4.78, 5) is 26.0. The Bertz CT molecular complexity index is 595. The minimum Gasteiger partial charge on any atom is -0.345 e. The molecule has 2 aliphatic rings. The van der Waals surface area contributed by atoms with Gasteiger partial charge in [0.25, 0.3) is 5.91 Å². The fraction of sp³-hybridized carbons (Fsp3) is 0.556. The lowest BCUT2D eigenvalue weighted by atomic mass is 9.95. The molecule has 5 nitrogen and oxygen atoms in total. The van der Waals surface area contributed by atoms with Gasteiger partial charge in [-0.15, -0.1) is 0 Å². The van der Waals surface area contributed by atoms with Crippen LogP contribution in [-0.2, 0) is 11.3 Å². The predicted octanol–water partition coefficient (Wildman–Crippen LogP) is 1.67. The van der Waals surface area contributed by atoms with Crippen LogP contribution in [0.25, 0.3) is 0 Å². The molecule has 0 spiro atoms. The van der Waals surface area contributed by atoms with Crippen LogP contribution in [0.5, 0.6) is 0 Å². The third-order valence-electron chi connectivity index (χ3n) is 5.06. The van der Waals surface area contributed by atoms with Crippen LogP contribution in [0.15, 0.2) is 24.3 Å². The second-order valence-electron chi connectivity index (χ2n) is 6.97. The van der Waals surface area contributed by atoms with Crippen molar-refractivity contribution in [3.8, 4) is 0 Å². The van der Waals surface area contributed by atoms with Gasteiger partial charge in [-0.25, -0.2) is 0 Å². The summed E-state index contributed by atoms with van der Waals surface area (Å²) in [6.45, 7) is 3.94. The molecule has 0 bridgehead atoms. The van der Waals surface area contributed by atoms with E-state index in [-0.39, 0.29) is 17.4 Å². The van der Waals surface area contributed by atoms with E-state index in [0.717, 1.165) is 31.4 Å². The summed E-state index contributed by atoms with van der Waals surface area (Å²) in [5.74, 6) is 0.639. The van der Waals surface area contributed by atoms with Crippen molar-refractivity contribution < 1.29 is 9.59 Å². The van der Waals surface area contributed by atoms with Crippen LogP contribution in [0.2, 0.25) is 0 Å². The van der Waals surface area contributed by atoms with Crippen LogP contribution in [0.4, 0.5) is 0 Å². The van der Waals surface area contributed by atoms with Gasteiger partial charge in [0.15, 0.2) is 0 Å². The maximum absolute atomic E-state index is 12.4. The number of nitrogens with zero attached hydrogens (tertiary/aromatic N) is 1. The third-order valence-corrected chi connectivity index (χ3v) is 5.06. The number of carbonyl (C=O) groups is 2. The van der Waals surface area contributed by atoms with Gasteiger partial charge in [-0.05, 0) is 49.8 Å². The molecule has 3 rings (SSSR count). The van der Waals surface area contributed by atoms with E-state index in [1.165, 1.54) is 0 Å². The number of hydrogen-bond acceptors (Lipinski definition) is 3. The van der Waals surface area contributed by atoms with Crippen molar-refractivity contribution in [2.75, 3.05) is 13.1 Å². The van der Waals surface area contributed by atoms with Crippen LogP contribution >= 0.6 is 0 Å². The van der Waals surface area contributed by atoms with Gasteiger partial charge >= 0.3 is 0 Å². The van der Waals surface area contributed by atoms with E-state index >= 15 is 0 Å². The predicted molar refractivity (Wildman–Crippen MR) is 88.7 cm³/mol. The molecule has 23 heavy (non-hydrogen) atoms. The van der Waals surface area contributed by atoms with E-state index in [9.17, 15) is 9.59 Å². The quantitative estimate of drug-likeness (QED) is 0.838. The molecule has 2 amide bonds. The summed E-state index contributed by atoms with van der Waals surface area (Å²) in [6.07, 6.45) is 3.87. The molecule has 1 saturated heterocycles. The normalized spacial score (nSPS) is 20.4. The van der Waals surface area contributed by atoms with Crippen LogP contribution in [0.1, 0.15) is 48.5 Å². The summed E-state index contributed by atoms with van der Waals surface area (Å²) >= 11 is 0. The number of benzene rings is 1. The first kappa shape index (κ1) is 16.0. The Labute approximate surface area is 137 Å². The molecule has 1 atom stereocenters. The van der Waals surface area contributed by atoms with E-state index in [1.807, 2.05) is 36.1 Å². The van der Waals surface area contributed by atoms with Crippen molar-refractivity contribution in [1.82, 2.24) is 10.2 Å². The van der Waals surface area contributed by atoms with Gasteiger partial charge in [-0.3, -0.25) is 9.59 Å². The van der Waals surface area contributed by atoms with Crippen molar-refractivity contribution >= 4 is 11.8 Å². The summed E-state index contributed by atoms with van der Waals surface area (Å²) < 4.78 is 0. The molecule has 0 radical (unpaired) electrons. The van der Waals surface area contributed by atoms with E-state index in [1.54, 1.807) is 0 Å². The summed E-state index contributed by atoms with van der Waals surface area (Å²) in [6, 6.07) is 7.51.